The molecule has 0 saturated carbocycles. The van der Waals surface area contributed by atoms with Gasteiger partial charge in [0.15, 0.2) is 0 Å². The van der Waals surface area contributed by atoms with Gasteiger partial charge in [-0.15, -0.1) is 0 Å². The maximum Gasteiger partial charge on any atom is 0.243 e. The van der Waals surface area contributed by atoms with Crippen molar-refractivity contribution in [3.8, 4) is 0 Å². The maximum atomic E-state index is 12.9. The van der Waals surface area contributed by atoms with Gasteiger partial charge in [0, 0.05) is 13.1 Å². The molecule has 0 bridgehead atoms. The van der Waals surface area contributed by atoms with E-state index in [9.17, 15) is 13.2 Å². The molecule has 1 amide bonds. The highest BCUT2D eigenvalue weighted by Gasteiger charge is 2.33. The van der Waals surface area contributed by atoms with E-state index in [-0.39, 0.29) is 29.3 Å². The van der Waals surface area contributed by atoms with E-state index >= 15 is 0 Å². The van der Waals surface area contributed by atoms with Gasteiger partial charge in [0.1, 0.15) is 0 Å². The van der Waals surface area contributed by atoms with Crippen molar-refractivity contribution in [3.05, 3.63) is 64.7 Å². The molecule has 156 valence electrons. The highest BCUT2D eigenvalue weighted by atomic mass is 32.2. The van der Waals surface area contributed by atoms with Crippen LogP contribution in [0.4, 0.5) is 0 Å². The molecular weight excluding hydrogens is 384 g/mol. The van der Waals surface area contributed by atoms with Crippen molar-refractivity contribution in [1.82, 2.24) is 9.62 Å². The van der Waals surface area contributed by atoms with E-state index in [2.05, 4.69) is 38.2 Å². The van der Waals surface area contributed by atoms with Crippen LogP contribution in [0.5, 0.6) is 0 Å². The zero-order valence-electron chi connectivity index (χ0n) is 17.6. The number of carbonyl (C=O) groups excluding carboxylic acids is 1. The molecule has 1 saturated heterocycles. The lowest BCUT2D eigenvalue weighted by molar-refractivity contribution is -0.126. The first-order valence-corrected chi connectivity index (χ1v) is 11.6. The van der Waals surface area contributed by atoms with Crippen molar-refractivity contribution in [1.29, 1.82) is 0 Å². The van der Waals surface area contributed by atoms with E-state index < -0.39 is 10.0 Å². The van der Waals surface area contributed by atoms with Gasteiger partial charge in [-0.2, -0.15) is 4.31 Å². The number of benzene rings is 2. The van der Waals surface area contributed by atoms with Crippen LogP contribution >= 0.6 is 0 Å². The van der Waals surface area contributed by atoms with Crippen LogP contribution in [0.15, 0.2) is 47.4 Å². The zero-order chi connectivity index (χ0) is 21.2. The second-order valence-electron chi connectivity index (χ2n) is 8.04. The van der Waals surface area contributed by atoms with Crippen molar-refractivity contribution >= 4 is 15.9 Å². The standard InChI is InChI=1S/C23H30N2O3S/c1-16-13-18(3)22(14-17(16)2)19(4)24-23(26)20-9-8-12-25(15-20)29(27,28)21-10-6-5-7-11-21/h5-7,10-11,13-14,19-20H,8-9,12,15H2,1-4H3,(H,24,26)/t19-,20+/m1/s1. The summed E-state index contributed by atoms with van der Waals surface area (Å²) < 4.78 is 27.3. The molecule has 2 atom stereocenters. The fourth-order valence-corrected chi connectivity index (χ4v) is 5.52. The van der Waals surface area contributed by atoms with Crippen LogP contribution in [0.1, 0.15) is 48.1 Å². The van der Waals surface area contributed by atoms with Crippen LogP contribution in [-0.4, -0.2) is 31.7 Å². The minimum atomic E-state index is -3.57. The lowest BCUT2D eigenvalue weighted by atomic mass is 9.95. The molecule has 1 heterocycles. The van der Waals surface area contributed by atoms with Crippen molar-refractivity contribution in [3.63, 3.8) is 0 Å². The average molecular weight is 415 g/mol. The highest BCUT2D eigenvalue weighted by Crippen LogP contribution is 2.26. The van der Waals surface area contributed by atoms with E-state index in [0.29, 0.717) is 19.4 Å². The van der Waals surface area contributed by atoms with Crippen LogP contribution in [-0.2, 0) is 14.8 Å². The van der Waals surface area contributed by atoms with E-state index in [0.717, 1.165) is 11.1 Å². The number of piperidine rings is 1. The number of hydrogen-bond donors (Lipinski definition) is 1. The molecule has 0 radical (unpaired) electrons. The third-order valence-electron chi connectivity index (χ3n) is 5.84. The Morgan fingerprint density at radius 1 is 1.07 bits per heavy atom. The fraction of sp³-hybridized carbons (Fsp3) is 0.435. The first-order valence-electron chi connectivity index (χ1n) is 10.1. The van der Waals surface area contributed by atoms with E-state index in [1.807, 2.05) is 6.92 Å². The number of sulfonamides is 1. The van der Waals surface area contributed by atoms with Gasteiger partial charge in [-0.05, 0) is 74.9 Å². The molecule has 0 aliphatic carbocycles. The molecule has 29 heavy (non-hydrogen) atoms. The summed E-state index contributed by atoms with van der Waals surface area (Å²) >= 11 is 0. The van der Waals surface area contributed by atoms with Crippen molar-refractivity contribution < 1.29 is 13.2 Å². The Hall–Kier alpha value is -2.18. The molecule has 1 aliphatic rings. The van der Waals surface area contributed by atoms with Gasteiger partial charge >= 0.3 is 0 Å². The van der Waals surface area contributed by atoms with Gasteiger partial charge in [-0.3, -0.25) is 4.79 Å². The second-order valence-corrected chi connectivity index (χ2v) is 9.98. The average Bonchev–Trinajstić information content (AvgIpc) is 2.71. The number of carbonyl (C=O) groups is 1. The molecule has 6 heteroatoms. The number of nitrogens with one attached hydrogen (secondary N) is 1. The third kappa shape index (κ3) is 4.70. The van der Waals surface area contributed by atoms with Gasteiger partial charge in [0.2, 0.25) is 15.9 Å². The summed E-state index contributed by atoms with van der Waals surface area (Å²) in [7, 11) is -3.57. The summed E-state index contributed by atoms with van der Waals surface area (Å²) in [5.74, 6) is -0.417. The number of amides is 1. The summed E-state index contributed by atoms with van der Waals surface area (Å²) in [5.41, 5.74) is 4.69. The molecule has 3 rings (SSSR count). The summed E-state index contributed by atoms with van der Waals surface area (Å²) in [6, 6.07) is 12.6. The lowest BCUT2D eigenvalue weighted by Crippen LogP contribution is -2.45. The van der Waals surface area contributed by atoms with E-state index in [1.54, 1.807) is 30.3 Å². The van der Waals surface area contributed by atoms with E-state index in [4.69, 9.17) is 0 Å². The highest BCUT2D eigenvalue weighted by molar-refractivity contribution is 7.89. The number of nitrogens with zero attached hydrogens (tertiary/aromatic N) is 1. The summed E-state index contributed by atoms with van der Waals surface area (Å²) in [4.78, 5) is 13.2. The Labute approximate surface area is 174 Å². The minimum absolute atomic E-state index is 0.0805. The molecule has 1 fully saturated rings. The van der Waals surface area contributed by atoms with Crippen LogP contribution in [0.3, 0.4) is 0 Å². The van der Waals surface area contributed by atoms with Gasteiger partial charge < -0.3 is 5.32 Å². The maximum absolute atomic E-state index is 12.9. The Morgan fingerprint density at radius 3 is 2.41 bits per heavy atom. The molecule has 2 aromatic rings. The normalized spacial score (nSPS) is 19.0. The Kier molecular flexibility index (Phi) is 6.44. The summed E-state index contributed by atoms with van der Waals surface area (Å²) in [6.07, 6.45) is 1.38. The van der Waals surface area contributed by atoms with Crippen LogP contribution < -0.4 is 5.32 Å². The molecule has 0 aromatic heterocycles. The molecule has 5 nitrogen and oxygen atoms in total. The van der Waals surface area contributed by atoms with Crippen LogP contribution in [0.25, 0.3) is 0 Å². The smallest absolute Gasteiger partial charge is 0.243 e. The Bertz CT molecular complexity index is 987. The molecule has 2 aromatic carbocycles. The van der Waals surface area contributed by atoms with Gasteiger partial charge in [-0.1, -0.05) is 30.3 Å². The topological polar surface area (TPSA) is 66.5 Å². The third-order valence-corrected chi connectivity index (χ3v) is 7.72. The Morgan fingerprint density at radius 2 is 1.72 bits per heavy atom. The van der Waals surface area contributed by atoms with Crippen LogP contribution in [0, 0.1) is 26.7 Å². The minimum Gasteiger partial charge on any atom is -0.349 e. The van der Waals surface area contributed by atoms with Crippen LogP contribution in [0.2, 0.25) is 0 Å². The monoisotopic (exact) mass is 414 g/mol. The number of aryl methyl sites for hydroxylation is 3. The SMILES string of the molecule is Cc1cc(C)c([C@@H](C)NC(=O)[C@H]2CCCN(S(=O)(=O)c3ccccc3)C2)cc1C. The van der Waals surface area contributed by atoms with Crippen molar-refractivity contribution in [2.75, 3.05) is 13.1 Å². The molecular formula is C23H30N2O3S. The first kappa shape index (κ1) is 21.5. The number of rotatable bonds is 5. The zero-order valence-corrected chi connectivity index (χ0v) is 18.4. The molecule has 0 unspecified atom stereocenters. The van der Waals surface area contributed by atoms with Gasteiger partial charge in [0.25, 0.3) is 0 Å². The molecule has 1 aliphatic heterocycles. The van der Waals surface area contributed by atoms with Crippen molar-refractivity contribution in [2.24, 2.45) is 5.92 Å². The first-order chi connectivity index (χ1) is 13.7. The van der Waals surface area contributed by atoms with Crippen molar-refractivity contribution in [2.45, 2.75) is 51.5 Å². The number of hydrogen-bond acceptors (Lipinski definition) is 3. The molecule has 0 spiro atoms. The molecule has 1 N–H and O–H groups in total. The van der Waals surface area contributed by atoms with E-state index in [1.165, 1.54) is 15.4 Å². The lowest BCUT2D eigenvalue weighted by Gasteiger charge is -2.32. The predicted octanol–water partition coefficient (Wildman–Crippen LogP) is 3.89. The summed E-state index contributed by atoms with van der Waals surface area (Å²) in [5, 5.41) is 3.10. The predicted molar refractivity (Wildman–Crippen MR) is 115 cm³/mol. The van der Waals surface area contributed by atoms with Gasteiger partial charge in [0.05, 0.1) is 16.9 Å². The quantitative estimate of drug-likeness (QED) is 0.807. The second kappa shape index (κ2) is 8.67. The fourth-order valence-electron chi connectivity index (χ4n) is 3.97. The largest absolute Gasteiger partial charge is 0.349 e. The Balaban J connectivity index is 1.71. The van der Waals surface area contributed by atoms with Gasteiger partial charge in [-0.25, -0.2) is 8.42 Å². The summed E-state index contributed by atoms with van der Waals surface area (Å²) in [6.45, 7) is 8.86.